The molecule has 8 heteroatoms. The van der Waals surface area contributed by atoms with Crippen LogP contribution in [0.4, 0.5) is 0 Å². The van der Waals surface area contributed by atoms with Crippen LogP contribution < -0.4 is 10.3 Å². The molecule has 0 atom stereocenters. The predicted octanol–water partition coefficient (Wildman–Crippen LogP) is 2.51. The fourth-order valence-corrected chi connectivity index (χ4v) is 3.56. The molecule has 0 unspecified atom stereocenters. The van der Waals surface area contributed by atoms with Crippen molar-refractivity contribution in [2.75, 3.05) is 13.7 Å². The molecular weight excluding hydrogens is 368 g/mol. The van der Waals surface area contributed by atoms with E-state index in [9.17, 15) is 14.4 Å². The molecule has 140 valence electrons. The molecule has 0 aliphatic carbocycles. The number of ether oxygens (including phenoxy) is 2. The van der Waals surface area contributed by atoms with Crippen LogP contribution in [0.3, 0.4) is 0 Å². The van der Waals surface area contributed by atoms with Gasteiger partial charge in [-0.3, -0.25) is 19.0 Å². The molecule has 2 aromatic heterocycles. The molecule has 3 rings (SSSR count). The molecule has 1 aromatic carbocycles. The van der Waals surface area contributed by atoms with Crippen molar-refractivity contribution in [2.45, 2.75) is 20.4 Å². The van der Waals surface area contributed by atoms with Gasteiger partial charge < -0.3 is 9.47 Å². The summed E-state index contributed by atoms with van der Waals surface area (Å²) in [4.78, 5) is 42.6. The third-order valence-electron chi connectivity index (χ3n) is 4.23. The van der Waals surface area contributed by atoms with Crippen molar-refractivity contribution in [1.29, 1.82) is 0 Å². The Morgan fingerprint density at radius 2 is 1.89 bits per heavy atom. The molecule has 0 N–H and O–H groups in total. The average Bonchev–Trinajstić information content (AvgIpc) is 2.97. The van der Waals surface area contributed by atoms with Gasteiger partial charge in [0, 0.05) is 10.4 Å². The Bertz CT molecular complexity index is 1070. The van der Waals surface area contributed by atoms with Crippen molar-refractivity contribution in [1.82, 2.24) is 9.55 Å². The lowest BCUT2D eigenvalue weighted by atomic mass is 10.1. The Labute approximate surface area is 159 Å². The van der Waals surface area contributed by atoms with Gasteiger partial charge in [0.2, 0.25) is 0 Å². The SMILES string of the molecule is COc1ccc(C(=O)COC(=O)Cn2cnc3sc(C)c(C)c3c2=O)cc1. The van der Waals surface area contributed by atoms with Gasteiger partial charge in [-0.1, -0.05) is 0 Å². The second-order valence-corrected chi connectivity index (χ2v) is 7.16. The van der Waals surface area contributed by atoms with Crippen molar-refractivity contribution in [3.63, 3.8) is 0 Å². The summed E-state index contributed by atoms with van der Waals surface area (Å²) >= 11 is 1.44. The minimum absolute atomic E-state index is 0.291. The number of ketones is 1. The second-order valence-electron chi connectivity index (χ2n) is 5.95. The Kier molecular flexibility index (Phi) is 5.36. The van der Waals surface area contributed by atoms with Crippen LogP contribution in [-0.2, 0) is 16.1 Å². The first kappa shape index (κ1) is 18.8. The number of esters is 1. The number of methoxy groups -OCH3 is 1. The van der Waals surface area contributed by atoms with Crippen LogP contribution in [-0.4, -0.2) is 35.0 Å². The van der Waals surface area contributed by atoms with E-state index in [1.807, 2.05) is 13.8 Å². The van der Waals surface area contributed by atoms with E-state index in [4.69, 9.17) is 9.47 Å². The van der Waals surface area contributed by atoms with E-state index in [1.165, 1.54) is 29.3 Å². The highest BCUT2D eigenvalue weighted by Crippen LogP contribution is 2.25. The van der Waals surface area contributed by atoms with Crippen LogP contribution in [0.25, 0.3) is 10.2 Å². The Hall–Kier alpha value is -3.00. The van der Waals surface area contributed by atoms with Gasteiger partial charge in [-0.15, -0.1) is 11.3 Å². The molecule has 27 heavy (non-hydrogen) atoms. The summed E-state index contributed by atoms with van der Waals surface area (Å²) in [6.45, 7) is 3.08. The van der Waals surface area contributed by atoms with Gasteiger partial charge in [0.15, 0.2) is 12.4 Å². The highest BCUT2D eigenvalue weighted by atomic mass is 32.1. The molecule has 0 fully saturated rings. The molecule has 0 saturated heterocycles. The number of hydrogen-bond donors (Lipinski definition) is 0. The van der Waals surface area contributed by atoms with Gasteiger partial charge >= 0.3 is 5.97 Å². The fourth-order valence-electron chi connectivity index (χ4n) is 2.57. The van der Waals surface area contributed by atoms with E-state index in [0.29, 0.717) is 21.5 Å². The number of thiophene rings is 1. The summed E-state index contributed by atoms with van der Waals surface area (Å²) in [6, 6.07) is 6.50. The molecule has 3 aromatic rings. The highest BCUT2D eigenvalue weighted by molar-refractivity contribution is 7.18. The van der Waals surface area contributed by atoms with Crippen LogP contribution in [0.2, 0.25) is 0 Å². The van der Waals surface area contributed by atoms with E-state index in [1.54, 1.807) is 24.3 Å². The molecule has 0 spiro atoms. The van der Waals surface area contributed by atoms with Gasteiger partial charge in [-0.05, 0) is 43.7 Å². The minimum atomic E-state index is -0.676. The van der Waals surface area contributed by atoms with Crippen LogP contribution in [0.15, 0.2) is 35.4 Å². The lowest BCUT2D eigenvalue weighted by Gasteiger charge is -2.07. The maximum absolute atomic E-state index is 12.6. The van der Waals surface area contributed by atoms with Crippen molar-refractivity contribution in [2.24, 2.45) is 0 Å². The smallest absolute Gasteiger partial charge is 0.326 e. The number of nitrogens with zero attached hydrogens (tertiary/aromatic N) is 2. The topological polar surface area (TPSA) is 87.5 Å². The van der Waals surface area contributed by atoms with Crippen molar-refractivity contribution in [3.05, 3.63) is 57.0 Å². The normalized spacial score (nSPS) is 10.8. The van der Waals surface area contributed by atoms with Gasteiger partial charge in [-0.25, -0.2) is 4.98 Å². The van der Waals surface area contributed by atoms with Crippen molar-refractivity contribution < 1.29 is 19.1 Å². The summed E-state index contributed by atoms with van der Waals surface area (Å²) in [6.07, 6.45) is 1.33. The predicted molar refractivity (Wildman–Crippen MR) is 102 cm³/mol. The van der Waals surface area contributed by atoms with E-state index < -0.39 is 12.6 Å². The van der Waals surface area contributed by atoms with E-state index in [-0.39, 0.29) is 17.9 Å². The van der Waals surface area contributed by atoms with E-state index in [0.717, 1.165) is 10.4 Å². The Morgan fingerprint density at radius 3 is 2.56 bits per heavy atom. The van der Waals surface area contributed by atoms with Crippen molar-refractivity contribution >= 4 is 33.3 Å². The van der Waals surface area contributed by atoms with E-state index >= 15 is 0 Å². The zero-order valence-corrected chi connectivity index (χ0v) is 16.0. The van der Waals surface area contributed by atoms with Gasteiger partial charge in [0.1, 0.15) is 17.1 Å². The zero-order valence-electron chi connectivity index (χ0n) is 15.1. The van der Waals surface area contributed by atoms with Crippen LogP contribution in [0.5, 0.6) is 5.75 Å². The highest BCUT2D eigenvalue weighted by Gasteiger charge is 2.15. The zero-order chi connectivity index (χ0) is 19.6. The number of Topliss-reactive ketones (excluding diaryl/α,β-unsaturated/α-hetero) is 1. The maximum atomic E-state index is 12.6. The summed E-state index contributed by atoms with van der Waals surface area (Å²) in [5.74, 6) is -0.384. The van der Waals surface area contributed by atoms with Crippen LogP contribution in [0.1, 0.15) is 20.8 Å². The summed E-state index contributed by atoms with van der Waals surface area (Å²) in [5, 5.41) is 0.516. The molecule has 0 bridgehead atoms. The number of aromatic nitrogens is 2. The quantitative estimate of drug-likeness (QED) is 0.478. The second kappa shape index (κ2) is 7.71. The molecule has 0 saturated carbocycles. The van der Waals surface area contributed by atoms with Gasteiger partial charge in [0.05, 0.1) is 18.8 Å². The Morgan fingerprint density at radius 1 is 1.19 bits per heavy atom. The molecule has 0 radical (unpaired) electrons. The molecule has 7 nitrogen and oxygen atoms in total. The lowest BCUT2D eigenvalue weighted by Crippen LogP contribution is -2.26. The third-order valence-corrected chi connectivity index (χ3v) is 5.35. The number of rotatable bonds is 6. The van der Waals surface area contributed by atoms with Gasteiger partial charge in [-0.2, -0.15) is 0 Å². The first-order valence-corrected chi connectivity index (χ1v) is 9.00. The largest absolute Gasteiger partial charge is 0.497 e. The Balaban J connectivity index is 1.66. The first-order chi connectivity index (χ1) is 12.9. The monoisotopic (exact) mass is 386 g/mol. The molecule has 2 heterocycles. The molecule has 0 aliphatic heterocycles. The van der Waals surface area contributed by atoms with E-state index in [2.05, 4.69) is 4.98 Å². The number of carbonyl (C=O) groups excluding carboxylic acids is 2. The number of aryl methyl sites for hydroxylation is 2. The number of carbonyl (C=O) groups is 2. The standard InChI is InChI=1S/C19H18N2O5S/c1-11-12(2)27-18-17(11)19(24)21(10-20-18)8-16(23)26-9-15(22)13-4-6-14(25-3)7-5-13/h4-7,10H,8-9H2,1-3H3. The van der Waals surface area contributed by atoms with Gasteiger partial charge in [0.25, 0.3) is 5.56 Å². The molecular formula is C19H18N2O5S. The minimum Gasteiger partial charge on any atom is -0.497 e. The van der Waals surface area contributed by atoms with Crippen LogP contribution >= 0.6 is 11.3 Å². The summed E-state index contributed by atoms with van der Waals surface area (Å²) in [5.41, 5.74) is 0.985. The maximum Gasteiger partial charge on any atom is 0.326 e. The molecule has 0 aliphatic rings. The van der Waals surface area contributed by atoms with Crippen LogP contribution in [0, 0.1) is 13.8 Å². The average molecular weight is 386 g/mol. The number of benzene rings is 1. The lowest BCUT2D eigenvalue weighted by molar-refractivity contribution is -0.143. The summed E-state index contributed by atoms with van der Waals surface area (Å²) < 4.78 is 11.2. The third kappa shape index (κ3) is 3.90. The molecule has 0 amide bonds. The first-order valence-electron chi connectivity index (χ1n) is 8.18. The summed E-state index contributed by atoms with van der Waals surface area (Å²) in [7, 11) is 1.53. The fraction of sp³-hybridized carbons (Fsp3) is 0.263. The van der Waals surface area contributed by atoms with Crippen molar-refractivity contribution in [3.8, 4) is 5.75 Å². The number of hydrogen-bond acceptors (Lipinski definition) is 7. The number of fused-ring (bicyclic) bond motifs is 1.